The van der Waals surface area contributed by atoms with Crippen LogP contribution in [0.25, 0.3) is 0 Å². The summed E-state index contributed by atoms with van der Waals surface area (Å²) in [5, 5.41) is 3.97. The summed E-state index contributed by atoms with van der Waals surface area (Å²) in [5.74, 6) is 1.97. The van der Waals surface area contributed by atoms with Gasteiger partial charge in [0, 0.05) is 43.4 Å². The van der Waals surface area contributed by atoms with Crippen molar-refractivity contribution in [3.05, 3.63) is 77.6 Å². The molecule has 6 rings (SSSR count). The van der Waals surface area contributed by atoms with E-state index in [-0.39, 0.29) is 10.7 Å². The highest BCUT2D eigenvalue weighted by atomic mass is 35.5. The van der Waals surface area contributed by atoms with E-state index >= 15 is 0 Å². The first-order chi connectivity index (χ1) is 18.4. The van der Waals surface area contributed by atoms with Gasteiger partial charge in [-0.25, -0.2) is 12.8 Å². The Balaban J connectivity index is 1.01. The molecule has 1 N–H and O–H groups in total. The summed E-state index contributed by atoms with van der Waals surface area (Å²) >= 11 is 5.90. The molecule has 1 saturated carbocycles. The van der Waals surface area contributed by atoms with Crippen LogP contribution in [0.4, 0.5) is 15.8 Å². The number of piperidine rings is 1. The molecule has 10 heteroatoms. The Labute approximate surface area is 227 Å². The average molecular weight is 558 g/mol. The average Bonchev–Trinajstić information content (AvgIpc) is 3.37. The molecule has 2 aliphatic heterocycles. The minimum absolute atomic E-state index is 0.241. The van der Waals surface area contributed by atoms with Crippen molar-refractivity contribution in [2.75, 3.05) is 56.2 Å². The number of ether oxygens (including phenoxy) is 2. The SMILES string of the molecule is O=S(=O)(c1ccc(Oc2ccc(Cl)cc2)cc1)N1CC2C(CNc3ccc(N4CCOCC4)c(F)c3)C2C1. The van der Waals surface area contributed by atoms with E-state index in [2.05, 4.69) is 5.32 Å². The van der Waals surface area contributed by atoms with Gasteiger partial charge in [-0.3, -0.25) is 0 Å². The summed E-state index contributed by atoms with van der Waals surface area (Å²) in [6, 6.07) is 18.7. The second-order valence-electron chi connectivity index (χ2n) is 9.99. The lowest BCUT2D eigenvalue weighted by molar-refractivity contribution is 0.122. The molecule has 2 unspecified atom stereocenters. The standard InChI is InChI=1S/C28H29ClFN3O4S/c29-19-1-4-21(5-2-19)37-22-6-8-23(9-7-22)38(34,35)33-17-25-24(26(25)18-33)16-31-20-3-10-28(27(30)15-20)32-11-13-36-14-12-32/h1-10,15,24-26,31H,11-14,16-18H2. The number of benzene rings is 3. The third-order valence-corrected chi connectivity index (χ3v) is 9.79. The molecule has 3 aliphatic rings. The molecule has 2 atom stereocenters. The number of anilines is 2. The summed E-state index contributed by atoms with van der Waals surface area (Å²) in [6.45, 7) is 4.32. The minimum atomic E-state index is -3.57. The van der Waals surface area contributed by atoms with E-state index in [9.17, 15) is 12.8 Å². The zero-order valence-corrected chi connectivity index (χ0v) is 22.3. The predicted molar refractivity (Wildman–Crippen MR) is 145 cm³/mol. The van der Waals surface area contributed by atoms with Gasteiger partial charge in [0.25, 0.3) is 0 Å². The van der Waals surface area contributed by atoms with Gasteiger partial charge in [-0.1, -0.05) is 11.6 Å². The lowest BCUT2D eigenvalue weighted by Crippen LogP contribution is -2.36. The van der Waals surface area contributed by atoms with Crippen LogP contribution in [-0.4, -0.2) is 58.7 Å². The minimum Gasteiger partial charge on any atom is -0.457 e. The number of nitrogens with zero attached hydrogens (tertiary/aromatic N) is 2. The number of hydrogen-bond donors (Lipinski definition) is 1. The number of rotatable bonds is 8. The predicted octanol–water partition coefficient (Wildman–Crippen LogP) is 5.09. The van der Waals surface area contributed by atoms with Gasteiger partial charge in [-0.05, 0) is 84.5 Å². The van der Waals surface area contributed by atoms with E-state index in [0.29, 0.717) is 85.9 Å². The molecule has 3 aromatic rings. The molecule has 3 aromatic carbocycles. The molecular weight excluding hydrogens is 529 g/mol. The Hall–Kier alpha value is -2.85. The fraction of sp³-hybridized carbons (Fsp3) is 0.357. The molecule has 0 radical (unpaired) electrons. The van der Waals surface area contributed by atoms with E-state index in [4.69, 9.17) is 21.1 Å². The van der Waals surface area contributed by atoms with E-state index in [0.717, 1.165) is 5.69 Å². The monoisotopic (exact) mass is 557 g/mol. The van der Waals surface area contributed by atoms with Gasteiger partial charge in [0.05, 0.1) is 23.8 Å². The lowest BCUT2D eigenvalue weighted by atomic mass is 10.2. The summed E-state index contributed by atoms with van der Waals surface area (Å²) < 4.78 is 53.8. The second-order valence-corrected chi connectivity index (χ2v) is 12.4. The van der Waals surface area contributed by atoms with Crippen LogP contribution in [0.15, 0.2) is 71.6 Å². The molecule has 2 heterocycles. The molecule has 38 heavy (non-hydrogen) atoms. The number of morpholine rings is 1. The van der Waals surface area contributed by atoms with E-state index in [1.54, 1.807) is 58.9 Å². The molecule has 0 amide bonds. The molecule has 3 fully saturated rings. The summed E-state index contributed by atoms with van der Waals surface area (Å²) in [6.07, 6.45) is 0. The number of hydrogen-bond acceptors (Lipinski definition) is 6. The fourth-order valence-corrected chi connectivity index (χ4v) is 7.13. The molecule has 7 nitrogen and oxygen atoms in total. The van der Waals surface area contributed by atoms with Crippen molar-refractivity contribution in [1.82, 2.24) is 4.31 Å². The summed E-state index contributed by atoms with van der Waals surface area (Å²) in [5.41, 5.74) is 1.35. The molecule has 200 valence electrons. The van der Waals surface area contributed by atoms with Crippen LogP contribution in [0, 0.1) is 23.6 Å². The Morgan fingerprint density at radius 2 is 1.58 bits per heavy atom. The summed E-state index contributed by atoms with van der Waals surface area (Å²) in [4.78, 5) is 2.26. The number of fused-ring (bicyclic) bond motifs is 1. The molecular formula is C28H29ClFN3O4S. The van der Waals surface area contributed by atoms with Crippen molar-refractivity contribution in [1.29, 1.82) is 0 Å². The topological polar surface area (TPSA) is 71.1 Å². The van der Waals surface area contributed by atoms with Gasteiger partial charge >= 0.3 is 0 Å². The van der Waals surface area contributed by atoms with Crippen LogP contribution in [0.3, 0.4) is 0 Å². The van der Waals surface area contributed by atoms with E-state index in [1.165, 1.54) is 0 Å². The molecule has 0 aromatic heterocycles. The zero-order chi connectivity index (χ0) is 26.3. The van der Waals surface area contributed by atoms with Crippen LogP contribution < -0.4 is 15.0 Å². The van der Waals surface area contributed by atoms with Crippen LogP contribution in [-0.2, 0) is 14.8 Å². The maximum Gasteiger partial charge on any atom is 0.243 e. The van der Waals surface area contributed by atoms with E-state index in [1.807, 2.05) is 17.0 Å². The van der Waals surface area contributed by atoms with Crippen LogP contribution in [0.1, 0.15) is 0 Å². The van der Waals surface area contributed by atoms with Gasteiger partial charge < -0.3 is 19.7 Å². The first-order valence-corrected chi connectivity index (χ1v) is 14.6. The Bertz CT molecular complexity index is 1390. The maximum absolute atomic E-state index is 14.7. The number of nitrogens with one attached hydrogen (secondary N) is 1. The summed E-state index contributed by atoms with van der Waals surface area (Å²) in [7, 11) is -3.57. The Morgan fingerprint density at radius 1 is 0.947 bits per heavy atom. The highest BCUT2D eigenvalue weighted by Gasteiger charge is 2.57. The Morgan fingerprint density at radius 3 is 2.21 bits per heavy atom. The first-order valence-electron chi connectivity index (χ1n) is 12.8. The van der Waals surface area contributed by atoms with Crippen molar-refractivity contribution in [2.45, 2.75) is 4.90 Å². The van der Waals surface area contributed by atoms with Crippen molar-refractivity contribution in [3.63, 3.8) is 0 Å². The third-order valence-electron chi connectivity index (χ3n) is 7.69. The maximum atomic E-state index is 14.7. The van der Waals surface area contributed by atoms with Gasteiger partial charge in [0.15, 0.2) is 0 Å². The highest BCUT2D eigenvalue weighted by Crippen LogP contribution is 2.52. The molecule has 0 bridgehead atoms. The van der Waals surface area contributed by atoms with Crippen molar-refractivity contribution < 1.29 is 22.3 Å². The Kier molecular flexibility index (Phi) is 6.94. The molecule has 2 saturated heterocycles. The smallest absolute Gasteiger partial charge is 0.243 e. The van der Waals surface area contributed by atoms with Crippen LogP contribution >= 0.6 is 11.6 Å². The van der Waals surface area contributed by atoms with Gasteiger partial charge in [-0.2, -0.15) is 4.31 Å². The highest BCUT2D eigenvalue weighted by molar-refractivity contribution is 7.89. The molecule has 0 spiro atoms. The number of sulfonamides is 1. The van der Waals surface area contributed by atoms with Crippen LogP contribution in [0.2, 0.25) is 5.02 Å². The van der Waals surface area contributed by atoms with Crippen molar-refractivity contribution >= 4 is 33.0 Å². The third kappa shape index (κ3) is 5.20. The number of halogens is 2. The van der Waals surface area contributed by atoms with E-state index < -0.39 is 10.0 Å². The quantitative estimate of drug-likeness (QED) is 0.416. The zero-order valence-electron chi connectivity index (χ0n) is 20.7. The lowest BCUT2D eigenvalue weighted by Gasteiger charge is -2.29. The normalized spacial score (nSPS) is 23.2. The largest absolute Gasteiger partial charge is 0.457 e. The fourth-order valence-electron chi connectivity index (χ4n) is 5.49. The molecule has 1 aliphatic carbocycles. The van der Waals surface area contributed by atoms with Gasteiger partial charge in [0.2, 0.25) is 10.0 Å². The van der Waals surface area contributed by atoms with Crippen LogP contribution in [0.5, 0.6) is 11.5 Å². The van der Waals surface area contributed by atoms with Gasteiger partial charge in [-0.15, -0.1) is 0 Å². The first kappa shape index (κ1) is 25.4. The van der Waals surface area contributed by atoms with Gasteiger partial charge in [0.1, 0.15) is 17.3 Å². The van der Waals surface area contributed by atoms with Crippen molar-refractivity contribution in [3.8, 4) is 11.5 Å². The second kappa shape index (κ2) is 10.4. The van der Waals surface area contributed by atoms with Crippen molar-refractivity contribution in [2.24, 2.45) is 17.8 Å².